The van der Waals surface area contributed by atoms with E-state index < -0.39 is 11.9 Å². The Kier molecular flexibility index (Phi) is 8.82. The molecule has 0 heterocycles. The van der Waals surface area contributed by atoms with Crippen LogP contribution in [0.5, 0.6) is 5.75 Å². The van der Waals surface area contributed by atoms with Crippen molar-refractivity contribution in [3.63, 3.8) is 0 Å². The summed E-state index contributed by atoms with van der Waals surface area (Å²) in [5.74, 6) is -0.171. The number of rotatable bonds is 9. The summed E-state index contributed by atoms with van der Waals surface area (Å²) in [4.78, 5) is 25.1. The molecular weight excluding hydrogens is 450 g/mol. The van der Waals surface area contributed by atoms with Crippen LogP contribution in [0.1, 0.15) is 40.9 Å². The van der Waals surface area contributed by atoms with Crippen LogP contribution in [0.2, 0.25) is 5.02 Å². The molecule has 2 amide bonds. The first kappa shape index (κ1) is 25.0. The second kappa shape index (κ2) is 12.0. The van der Waals surface area contributed by atoms with Gasteiger partial charge in [-0.1, -0.05) is 61.3 Å². The van der Waals surface area contributed by atoms with Crippen molar-refractivity contribution < 1.29 is 14.3 Å². The van der Waals surface area contributed by atoms with Gasteiger partial charge in [0.05, 0.1) is 6.21 Å². The number of hydrazone groups is 1. The standard InChI is InChI=1S/C27H28ClN3O3/c1-18(2)25(30-26(32)22-8-5-9-23(28)15-22)27(33)31-29-16-20-10-12-24(13-11-20)34-17-21-7-4-6-19(3)14-21/h4-16,18,25H,17H2,1-3H3,(H,30,32)(H,31,33). The Morgan fingerprint density at radius 2 is 1.76 bits per heavy atom. The molecule has 3 aromatic carbocycles. The number of amides is 2. The molecule has 1 unspecified atom stereocenters. The van der Waals surface area contributed by atoms with Crippen LogP contribution in [0.4, 0.5) is 0 Å². The van der Waals surface area contributed by atoms with E-state index in [0.717, 1.165) is 16.9 Å². The fourth-order valence-corrected chi connectivity index (χ4v) is 3.44. The minimum absolute atomic E-state index is 0.136. The number of hydrogen-bond donors (Lipinski definition) is 2. The van der Waals surface area contributed by atoms with Gasteiger partial charge in [0, 0.05) is 10.6 Å². The van der Waals surface area contributed by atoms with Gasteiger partial charge in [0.2, 0.25) is 0 Å². The molecule has 3 aromatic rings. The average molecular weight is 478 g/mol. The maximum absolute atomic E-state index is 12.6. The third kappa shape index (κ3) is 7.46. The smallest absolute Gasteiger partial charge is 0.262 e. The Bertz CT molecular complexity index is 1160. The van der Waals surface area contributed by atoms with Crippen LogP contribution in [-0.2, 0) is 11.4 Å². The van der Waals surface area contributed by atoms with Gasteiger partial charge in [-0.2, -0.15) is 5.10 Å². The molecular formula is C27H28ClN3O3. The summed E-state index contributed by atoms with van der Waals surface area (Å²) in [6.07, 6.45) is 1.54. The van der Waals surface area contributed by atoms with Gasteiger partial charge in [0.1, 0.15) is 18.4 Å². The summed E-state index contributed by atoms with van der Waals surface area (Å²) >= 11 is 5.95. The molecule has 2 N–H and O–H groups in total. The lowest BCUT2D eigenvalue weighted by atomic mass is 10.0. The lowest BCUT2D eigenvalue weighted by Crippen LogP contribution is -2.48. The molecule has 0 saturated heterocycles. The van der Waals surface area contributed by atoms with Gasteiger partial charge in [-0.25, -0.2) is 5.43 Å². The van der Waals surface area contributed by atoms with Crippen LogP contribution in [0.15, 0.2) is 77.9 Å². The third-order valence-electron chi connectivity index (χ3n) is 5.08. The quantitative estimate of drug-likeness (QED) is 0.331. The van der Waals surface area contributed by atoms with Gasteiger partial charge in [0.25, 0.3) is 11.8 Å². The molecule has 0 aliphatic carbocycles. The maximum Gasteiger partial charge on any atom is 0.262 e. The summed E-state index contributed by atoms with van der Waals surface area (Å²) in [7, 11) is 0. The molecule has 0 radical (unpaired) electrons. The van der Waals surface area contributed by atoms with Crippen molar-refractivity contribution in [2.45, 2.75) is 33.4 Å². The molecule has 3 rings (SSSR count). The fraction of sp³-hybridized carbons (Fsp3) is 0.222. The van der Waals surface area contributed by atoms with E-state index in [1.165, 1.54) is 5.56 Å². The van der Waals surface area contributed by atoms with Crippen LogP contribution < -0.4 is 15.5 Å². The van der Waals surface area contributed by atoms with Crippen molar-refractivity contribution in [3.05, 3.63) is 100 Å². The summed E-state index contributed by atoms with van der Waals surface area (Å²) in [5.41, 5.74) is 5.99. The van der Waals surface area contributed by atoms with Crippen LogP contribution in [0.25, 0.3) is 0 Å². The van der Waals surface area contributed by atoms with Crippen molar-refractivity contribution in [3.8, 4) is 5.75 Å². The zero-order valence-corrected chi connectivity index (χ0v) is 20.2. The van der Waals surface area contributed by atoms with Gasteiger partial charge < -0.3 is 10.1 Å². The van der Waals surface area contributed by atoms with Crippen molar-refractivity contribution in [1.82, 2.24) is 10.7 Å². The molecule has 0 aliphatic rings. The number of halogens is 1. The predicted molar refractivity (Wildman–Crippen MR) is 135 cm³/mol. The first-order chi connectivity index (χ1) is 16.3. The highest BCUT2D eigenvalue weighted by Crippen LogP contribution is 2.15. The number of ether oxygens (including phenoxy) is 1. The summed E-state index contributed by atoms with van der Waals surface area (Å²) in [5, 5.41) is 7.23. The highest BCUT2D eigenvalue weighted by Gasteiger charge is 2.24. The topological polar surface area (TPSA) is 79.8 Å². The number of carbonyl (C=O) groups is 2. The SMILES string of the molecule is Cc1cccc(COc2ccc(C=NNC(=O)C(NC(=O)c3cccc(Cl)c3)C(C)C)cc2)c1. The van der Waals surface area contributed by atoms with Crippen molar-refractivity contribution in [2.24, 2.45) is 11.0 Å². The number of nitrogens with zero attached hydrogens (tertiary/aromatic N) is 1. The van der Waals surface area contributed by atoms with Gasteiger partial charge in [0.15, 0.2) is 0 Å². The number of nitrogens with one attached hydrogen (secondary N) is 2. The monoisotopic (exact) mass is 477 g/mol. The first-order valence-electron chi connectivity index (χ1n) is 11.0. The Morgan fingerprint density at radius 1 is 1.03 bits per heavy atom. The lowest BCUT2D eigenvalue weighted by Gasteiger charge is -2.20. The minimum Gasteiger partial charge on any atom is -0.489 e. The van der Waals surface area contributed by atoms with Crippen LogP contribution >= 0.6 is 11.6 Å². The van der Waals surface area contributed by atoms with Crippen molar-refractivity contribution in [1.29, 1.82) is 0 Å². The van der Waals surface area contributed by atoms with E-state index in [9.17, 15) is 9.59 Å². The molecule has 7 heteroatoms. The predicted octanol–water partition coefficient (Wildman–Crippen LogP) is 5.13. The molecule has 0 spiro atoms. The van der Waals surface area contributed by atoms with E-state index in [-0.39, 0.29) is 11.8 Å². The summed E-state index contributed by atoms with van der Waals surface area (Å²) in [6.45, 7) is 6.24. The number of aryl methyl sites for hydroxylation is 1. The van der Waals surface area contributed by atoms with Gasteiger partial charge in [-0.3, -0.25) is 9.59 Å². The molecule has 0 bridgehead atoms. The largest absolute Gasteiger partial charge is 0.489 e. The van der Waals surface area contributed by atoms with Crippen LogP contribution in [0.3, 0.4) is 0 Å². The molecule has 1 atom stereocenters. The third-order valence-corrected chi connectivity index (χ3v) is 5.31. The second-order valence-electron chi connectivity index (χ2n) is 8.29. The van der Waals surface area contributed by atoms with Crippen molar-refractivity contribution >= 4 is 29.6 Å². The van der Waals surface area contributed by atoms with Gasteiger partial charge in [-0.05, 0) is 66.4 Å². The molecule has 0 aliphatic heterocycles. The maximum atomic E-state index is 12.6. The minimum atomic E-state index is -0.749. The van der Waals surface area contributed by atoms with Gasteiger partial charge in [-0.15, -0.1) is 0 Å². The highest BCUT2D eigenvalue weighted by atomic mass is 35.5. The first-order valence-corrected chi connectivity index (χ1v) is 11.4. The Morgan fingerprint density at radius 3 is 2.44 bits per heavy atom. The van der Waals surface area contributed by atoms with E-state index in [1.807, 2.05) is 63.2 Å². The molecule has 0 aromatic heterocycles. The molecule has 176 valence electrons. The molecule has 34 heavy (non-hydrogen) atoms. The Hall–Kier alpha value is -3.64. The lowest BCUT2D eigenvalue weighted by molar-refractivity contribution is -0.123. The average Bonchev–Trinajstić information content (AvgIpc) is 2.81. The van der Waals surface area contributed by atoms with Crippen LogP contribution in [-0.4, -0.2) is 24.1 Å². The van der Waals surface area contributed by atoms with Gasteiger partial charge >= 0.3 is 0 Å². The number of carbonyl (C=O) groups excluding carboxylic acids is 2. The molecule has 0 fully saturated rings. The van der Waals surface area contributed by atoms with Crippen LogP contribution in [0, 0.1) is 12.8 Å². The number of hydrogen-bond acceptors (Lipinski definition) is 4. The van der Waals surface area contributed by atoms with E-state index in [1.54, 1.807) is 30.5 Å². The van der Waals surface area contributed by atoms with E-state index in [0.29, 0.717) is 17.2 Å². The summed E-state index contributed by atoms with van der Waals surface area (Å²) < 4.78 is 5.82. The van der Waals surface area contributed by atoms with Crippen molar-refractivity contribution in [2.75, 3.05) is 0 Å². The number of benzene rings is 3. The zero-order chi connectivity index (χ0) is 24.5. The second-order valence-corrected chi connectivity index (χ2v) is 8.72. The van der Waals surface area contributed by atoms with E-state index in [2.05, 4.69) is 21.9 Å². The fourth-order valence-electron chi connectivity index (χ4n) is 3.25. The highest BCUT2D eigenvalue weighted by molar-refractivity contribution is 6.31. The Balaban J connectivity index is 1.53. The normalized spacial score (nSPS) is 11.9. The summed E-state index contributed by atoms with van der Waals surface area (Å²) in [6, 6.07) is 21.4. The molecule has 6 nitrogen and oxygen atoms in total. The Labute approximate surface area is 205 Å². The zero-order valence-electron chi connectivity index (χ0n) is 19.4. The van der Waals surface area contributed by atoms with E-state index in [4.69, 9.17) is 16.3 Å². The van der Waals surface area contributed by atoms with E-state index >= 15 is 0 Å². The molecule has 0 saturated carbocycles.